The molecule has 0 aromatic carbocycles. The molecule has 3 aliphatic heterocycles. The molecule has 0 saturated carbocycles. The molecule has 0 aromatic heterocycles. The van der Waals surface area contributed by atoms with Gasteiger partial charge in [-0.2, -0.15) is 0 Å². The zero-order valence-electron chi connectivity index (χ0n) is 61.9. The molecule has 0 bridgehead atoms. The maximum absolute atomic E-state index is 13.4. The summed E-state index contributed by atoms with van der Waals surface area (Å²) in [6.45, 7) is 1.60. The second-order valence-corrected chi connectivity index (χ2v) is 28.1. The lowest BCUT2D eigenvalue weighted by molar-refractivity contribution is -0.379. The van der Waals surface area contributed by atoms with Crippen molar-refractivity contribution in [2.75, 3.05) is 26.4 Å². The van der Waals surface area contributed by atoms with Crippen LogP contribution in [0.25, 0.3) is 0 Å². The summed E-state index contributed by atoms with van der Waals surface area (Å²) in [6, 6.07) is -0.991. The molecule has 0 aliphatic carbocycles. The van der Waals surface area contributed by atoms with E-state index in [1.54, 1.807) is 6.08 Å². The Morgan fingerprint density at radius 1 is 0.370 bits per heavy atom. The van der Waals surface area contributed by atoms with Gasteiger partial charge in [-0.25, -0.2) is 0 Å². The van der Waals surface area contributed by atoms with Crippen LogP contribution in [0.4, 0.5) is 0 Å². The lowest BCUT2D eigenvalue weighted by atomic mass is 9.96. The molecule has 3 aliphatic rings. The zero-order valence-corrected chi connectivity index (χ0v) is 61.9. The molecule has 19 heteroatoms. The van der Waals surface area contributed by atoms with Gasteiger partial charge in [0.25, 0.3) is 0 Å². The number of carbonyl (C=O) groups excluding carboxylic acids is 1. The first-order valence-corrected chi connectivity index (χ1v) is 39.8. The fourth-order valence-electron chi connectivity index (χ4n) is 13.1. The van der Waals surface area contributed by atoms with Gasteiger partial charge in [-0.15, -0.1) is 0 Å². The topological polar surface area (TPSA) is 307 Å². The zero-order chi connectivity index (χ0) is 72.5. The molecule has 100 heavy (non-hydrogen) atoms. The molecule has 0 aromatic rings. The smallest absolute Gasteiger partial charge is 0.220 e. The van der Waals surface area contributed by atoms with E-state index in [2.05, 4.69) is 92.1 Å². The van der Waals surface area contributed by atoms with Gasteiger partial charge in [0.2, 0.25) is 5.91 Å². The largest absolute Gasteiger partial charge is 0.394 e. The minimum absolute atomic E-state index is 0.236. The maximum atomic E-state index is 13.4. The number of unbranched alkanes of at least 4 members (excludes halogenated alkanes) is 34. The third-order valence-electron chi connectivity index (χ3n) is 19.4. The molecule has 3 fully saturated rings. The number of carbonyl (C=O) groups is 1. The first-order chi connectivity index (χ1) is 48.8. The Morgan fingerprint density at radius 2 is 0.700 bits per heavy atom. The van der Waals surface area contributed by atoms with Crippen LogP contribution in [0.1, 0.15) is 290 Å². The summed E-state index contributed by atoms with van der Waals surface area (Å²) in [4.78, 5) is 13.4. The summed E-state index contributed by atoms with van der Waals surface area (Å²) in [7, 11) is 0. The lowest BCUT2D eigenvalue weighted by Gasteiger charge is -2.48. The molecule has 0 spiro atoms. The monoisotopic (exact) mass is 1420 g/mol. The number of amides is 1. The molecule has 19 nitrogen and oxygen atoms in total. The highest BCUT2D eigenvalue weighted by Gasteiger charge is 2.53. The summed E-state index contributed by atoms with van der Waals surface area (Å²) >= 11 is 0. The standard InChI is InChI=1S/C81H143NO18/c1-3-5-7-9-11-13-15-17-19-20-21-22-23-24-25-26-27-28-29-30-31-32-33-34-35-36-37-38-39-40-41-42-43-44-45-47-49-51-53-55-57-59-69(87)82-64(65(86)58-56-54-52-50-48-46-18-16-14-12-10-8-6-4-2)63-95-79-75(93)72(90)77(67(61-84)97-79)100-81-76(94)73(91)78(68(62-85)98-81)99-80-74(92)71(89)70(88)66(60-83)96-80/h5,7,11,13,17,19,21-22,24-25,48,50,56,58,64-68,70-81,83-86,88-94H,3-4,6,8-10,12,14-16,18,20,23,26-47,49,51-55,57,59-63H2,1-2H3,(H,82,87)/b7-5-,13-11-,19-17-,22-21-,25-24-,50-48+,58-56+. The Kier molecular flexibility index (Phi) is 55.8. The van der Waals surface area contributed by atoms with Crippen molar-refractivity contribution in [2.45, 2.75) is 394 Å². The van der Waals surface area contributed by atoms with Crippen LogP contribution in [-0.2, 0) is 33.2 Å². The van der Waals surface area contributed by atoms with E-state index in [0.29, 0.717) is 12.8 Å². The molecule has 17 unspecified atom stereocenters. The van der Waals surface area contributed by atoms with Crippen molar-refractivity contribution >= 4 is 5.91 Å². The second-order valence-electron chi connectivity index (χ2n) is 28.1. The highest BCUT2D eigenvalue weighted by Crippen LogP contribution is 2.33. The highest BCUT2D eigenvalue weighted by atomic mass is 16.8. The molecule has 580 valence electrons. The van der Waals surface area contributed by atoms with Crippen LogP contribution in [-0.4, -0.2) is 193 Å². The molecule has 1 amide bonds. The van der Waals surface area contributed by atoms with Crippen molar-refractivity contribution < 1.29 is 89.4 Å². The summed E-state index contributed by atoms with van der Waals surface area (Å²) in [6.07, 6.45) is 54.6. The average Bonchev–Trinajstić information content (AvgIpc) is 0.783. The summed E-state index contributed by atoms with van der Waals surface area (Å²) in [5, 5.41) is 121. The predicted molar refractivity (Wildman–Crippen MR) is 397 cm³/mol. The number of hydrogen-bond acceptors (Lipinski definition) is 18. The van der Waals surface area contributed by atoms with E-state index in [1.807, 2.05) is 6.08 Å². The van der Waals surface area contributed by atoms with E-state index >= 15 is 0 Å². The number of nitrogens with one attached hydrogen (secondary N) is 1. The van der Waals surface area contributed by atoms with Crippen molar-refractivity contribution in [3.8, 4) is 0 Å². The number of ether oxygens (including phenoxy) is 6. The molecule has 0 radical (unpaired) electrons. The third-order valence-corrected chi connectivity index (χ3v) is 19.4. The second kappa shape index (κ2) is 61.2. The fraction of sp³-hybridized carbons (Fsp3) is 0.815. The van der Waals surface area contributed by atoms with Gasteiger partial charge in [-0.05, 0) is 77.0 Å². The van der Waals surface area contributed by atoms with Crippen molar-refractivity contribution in [3.63, 3.8) is 0 Å². The van der Waals surface area contributed by atoms with Crippen LogP contribution < -0.4 is 5.32 Å². The van der Waals surface area contributed by atoms with E-state index in [4.69, 9.17) is 28.4 Å². The molecule has 17 atom stereocenters. The van der Waals surface area contributed by atoms with E-state index in [1.165, 1.54) is 186 Å². The van der Waals surface area contributed by atoms with E-state index in [0.717, 1.165) is 70.6 Å². The Morgan fingerprint density at radius 3 is 1.12 bits per heavy atom. The quantitative estimate of drug-likeness (QED) is 0.0199. The molecular weight excluding hydrogens is 1270 g/mol. The highest BCUT2D eigenvalue weighted by molar-refractivity contribution is 5.76. The van der Waals surface area contributed by atoms with Gasteiger partial charge in [0.15, 0.2) is 18.9 Å². The van der Waals surface area contributed by atoms with Crippen LogP contribution in [0.2, 0.25) is 0 Å². The number of aliphatic hydroxyl groups is 11. The van der Waals surface area contributed by atoms with Crippen molar-refractivity contribution in [1.29, 1.82) is 0 Å². The summed E-state index contributed by atoms with van der Waals surface area (Å²) in [5.74, 6) is -0.283. The molecule has 3 heterocycles. The molecule has 3 rings (SSSR count). The van der Waals surface area contributed by atoms with Gasteiger partial charge in [0.1, 0.15) is 73.2 Å². The van der Waals surface area contributed by atoms with E-state index < -0.39 is 124 Å². The maximum Gasteiger partial charge on any atom is 0.220 e. The van der Waals surface area contributed by atoms with E-state index in [-0.39, 0.29) is 18.9 Å². The number of rotatable bonds is 62. The number of hydrogen-bond donors (Lipinski definition) is 12. The van der Waals surface area contributed by atoms with Gasteiger partial charge in [-0.3, -0.25) is 4.79 Å². The Bertz CT molecular complexity index is 2140. The van der Waals surface area contributed by atoms with E-state index in [9.17, 15) is 61.0 Å². The fourth-order valence-corrected chi connectivity index (χ4v) is 13.1. The van der Waals surface area contributed by atoms with Crippen LogP contribution in [0.3, 0.4) is 0 Å². The minimum Gasteiger partial charge on any atom is -0.394 e. The molecule has 12 N–H and O–H groups in total. The van der Waals surface area contributed by atoms with Crippen LogP contribution in [0.15, 0.2) is 85.1 Å². The first kappa shape index (κ1) is 91.2. The van der Waals surface area contributed by atoms with Crippen LogP contribution >= 0.6 is 0 Å². The van der Waals surface area contributed by atoms with Crippen molar-refractivity contribution in [2.24, 2.45) is 0 Å². The van der Waals surface area contributed by atoms with Crippen molar-refractivity contribution in [1.82, 2.24) is 5.32 Å². The third kappa shape index (κ3) is 41.0. The Balaban J connectivity index is 1.28. The SMILES string of the molecule is CC/C=C\C/C=C\C/C=C\C/C=C\C/C=C\CCCCCCCCCCCCCCCCCCCCCCCCCCCC(=O)NC(COC1OC(CO)C(OC2OC(CO)C(OC3OC(CO)C(O)C(O)C3O)C(O)C2O)C(O)C1O)C(O)/C=C/CC/C=C/CCCCCCCCCC. The van der Waals surface area contributed by atoms with Gasteiger partial charge in [0.05, 0.1) is 38.6 Å². The normalized spacial score (nSPS) is 26.9. The number of aliphatic hydroxyl groups excluding tert-OH is 11. The van der Waals surface area contributed by atoms with Crippen LogP contribution in [0.5, 0.6) is 0 Å². The number of allylic oxidation sites excluding steroid dienone is 13. The lowest BCUT2D eigenvalue weighted by Crippen LogP contribution is -2.66. The Hall–Kier alpha value is -3.03. The summed E-state index contributed by atoms with van der Waals surface area (Å²) < 4.78 is 34.4. The van der Waals surface area contributed by atoms with Gasteiger partial charge >= 0.3 is 0 Å². The predicted octanol–water partition coefficient (Wildman–Crippen LogP) is 13.0. The minimum atomic E-state index is -1.98. The van der Waals surface area contributed by atoms with Gasteiger partial charge < -0.3 is 89.9 Å². The first-order valence-electron chi connectivity index (χ1n) is 39.8. The molecular formula is C81H143NO18. The van der Waals surface area contributed by atoms with Crippen LogP contribution in [0, 0.1) is 0 Å². The summed E-state index contributed by atoms with van der Waals surface area (Å²) in [5.41, 5.74) is 0. The Labute approximate surface area is 603 Å². The van der Waals surface area contributed by atoms with Crippen molar-refractivity contribution in [3.05, 3.63) is 85.1 Å². The van der Waals surface area contributed by atoms with Gasteiger partial charge in [0, 0.05) is 6.42 Å². The molecule has 3 saturated heterocycles. The van der Waals surface area contributed by atoms with Gasteiger partial charge in [-0.1, -0.05) is 292 Å². The average molecular weight is 1420 g/mol.